The molecule has 0 saturated heterocycles. The molecular weight excluding hydrogens is 443 g/mol. The van der Waals surface area contributed by atoms with Crippen LogP contribution in [-0.2, 0) is 9.47 Å². The van der Waals surface area contributed by atoms with Crippen LogP contribution in [0.25, 0.3) is 0 Å². The number of hydrogen-bond donors (Lipinski definition) is 0. The van der Waals surface area contributed by atoms with E-state index >= 15 is 0 Å². The Balaban J connectivity index is -0.000000180. The maximum absolute atomic E-state index is 4.64. The fraction of sp³-hybridized carbons (Fsp3) is 0.833. The van der Waals surface area contributed by atoms with Gasteiger partial charge in [0.25, 0.3) is 0 Å². The van der Waals surface area contributed by atoms with Crippen molar-refractivity contribution >= 4 is 0 Å². The molecule has 0 radical (unpaired) electrons. The maximum Gasteiger partial charge on any atom is 0.0136 e. The summed E-state index contributed by atoms with van der Waals surface area (Å²) in [6, 6.07) is 0. The second kappa shape index (κ2) is 15.4. The van der Waals surface area contributed by atoms with Crippen LogP contribution in [0, 0.1) is 26.1 Å². The van der Waals surface area contributed by atoms with Gasteiger partial charge in [-0.2, -0.15) is 0 Å². The summed E-state index contributed by atoms with van der Waals surface area (Å²) in [5.74, 6) is 1.33. The Morgan fingerprint density at radius 2 is 1.13 bits per heavy atom. The fourth-order valence-electron chi connectivity index (χ4n) is 0.638. The van der Waals surface area contributed by atoms with Crippen molar-refractivity contribution in [1.82, 2.24) is 0 Å². The molecule has 0 aromatic heterocycles. The number of rotatable bonds is 6. The molecule has 0 N–H and O–H groups in total. The van der Waals surface area contributed by atoms with E-state index in [0.717, 1.165) is 13.2 Å². The molecule has 0 aromatic carbocycles. The van der Waals surface area contributed by atoms with Crippen LogP contribution in [0.3, 0.4) is 0 Å². The van der Waals surface area contributed by atoms with Crippen LogP contribution in [0.4, 0.5) is 0 Å². The normalized spacial score (nSPS) is 13.2. The van der Waals surface area contributed by atoms with Gasteiger partial charge in [-0.25, -0.2) is 14.2 Å². The summed E-state index contributed by atoms with van der Waals surface area (Å²) < 4.78 is 9.29. The van der Waals surface area contributed by atoms with Crippen LogP contribution in [0.2, 0.25) is 0 Å². The van der Waals surface area contributed by atoms with Gasteiger partial charge in [-0.15, -0.1) is 0 Å². The molecule has 0 heterocycles. The zero-order valence-electron chi connectivity index (χ0n) is 10.9. The first-order valence-electron chi connectivity index (χ1n) is 5.36. The summed E-state index contributed by atoms with van der Waals surface area (Å²) in [5.41, 5.74) is 0. The van der Waals surface area contributed by atoms with Crippen LogP contribution in [0.1, 0.15) is 40.5 Å². The Morgan fingerprint density at radius 3 is 1.20 bits per heavy atom. The average molecular weight is 469 g/mol. The fourth-order valence-corrected chi connectivity index (χ4v) is 0.638. The molecule has 0 amide bonds. The smallest absolute Gasteiger partial charge is 0.0136 e. The first-order chi connectivity index (χ1) is 6.62. The molecule has 0 spiro atoms. The predicted molar refractivity (Wildman–Crippen MR) is 61.5 cm³/mol. The summed E-state index contributed by atoms with van der Waals surface area (Å²) in [5, 5.41) is 0. The van der Waals surface area contributed by atoms with Crippen LogP contribution in [0.5, 0.6) is 0 Å². The van der Waals surface area contributed by atoms with Gasteiger partial charge in [0.05, 0.1) is 0 Å². The minimum Gasteiger partial charge on any atom is -0.555 e. The van der Waals surface area contributed by atoms with Crippen molar-refractivity contribution in [2.75, 3.05) is 13.2 Å². The van der Waals surface area contributed by atoms with E-state index in [0.29, 0.717) is 11.8 Å². The van der Waals surface area contributed by atoms with E-state index in [-0.39, 0.29) is 0 Å². The molecule has 2 nitrogen and oxygen atoms in total. The van der Waals surface area contributed by atoms with Crippen molar-refractivity contribution in [3.05, 3.63) is 14.2 Å². The third-order valence-electron chi connectivity index (χ3n) is 2.20. The van der Waals surface area contributed by atoms with Gasteiger partial charge in [0.2, 0.25) is 0 Å². The van der Waals surface area contributed by atoms with E-state index in [9.17, 15) is 0 Å². The van der Waals surface area contributed by atoms with Crippen LogP contribution >= 0.6 is 0 Å². The quantitative estimate of drug-likeness (QED) is 0.553. The molecule has 0 aliphatic carbocycles. The Kier molecular flexibility index (Phi) is 20.0. The predicted octanol–water partition coefficient (Wildman–Crippen LogP) is 3.68. The molecule has 2 atom stereocenters. The van der Waals surface area contributed by atoms with Crippen LogP contribution in [-0.4, -0.2) is 13.2 Å². The zero-order chi connectivity index (χ0) is 11.4. The topological polar surface area (TPSA) is 18.5 Å². The molecule has 0 aliphatic rings. The zero-order valence-corrected chi connectivity index (χ0v) is 17.3. The van der Waals surface area contributed by atoms with Crippen molar-refractivity contribution < 1.29 is 9.47 Å². The monoisotopic (exact) mass is 469 g/mol. The van der Waals surface area contributed by atoms with E-state index in [4.69, 9.17) is 0 Å². The van der Waals surface area contributed by atoms with Crippen LogP contribution in [0.15, 0.2) is 0 Å². The number of hydrogen-bond acceptors (Lipinski definition) is 2. The second-order valence-corrected chi connectivity index (χ2v) is 3.77. The van der Waals surface area contributed by atoms with Crippen molar-refractivity contribution in [1.29, 1.82) is 0 Å². The second-order valence-electron chi connectivity index (χ2n) is 3.77. The van der Waals surface area contributed by atoms with Crippen molar-refractivity contribution in [2.45, 2.75) is 40.5 Å². The first kappa shape index (κ1) is 19.5. The third-order valence-corrected chi connectivity index (χ3v) is 2.20. The maximum atomic E-state index is 4.64. The molecular formula is C12H26O2Rf-2. The summed E-state index contributed by atoms with van der Waals surface area (Å²) in [7, 11) is 6.55. The van der Waals surface area contributed by atoms with E-state index in [1.807, 2.05) is 0 Å². The molecule has 3 heteroatoms. The van der Waals surface area contributed by atoms with Gasteiger partial charge in [-0.05, 0) is 11.8 Å². The third kappa shape index (κ3) is 19.4. The van der Waals surface area contributed by atoms with E-state index in [2.05, 4.69) is 51.4 Å². The van der Waals surface area contributed by atoms with Gasteiger partial charge in [0.1, 0.15) is 0 Å². The molecule has 0 rings (SSSR count). The van der Waals surface area contributed by atoms with Gasteiger partial charge in [0, 0.05) is 13.2 Å². The van der Waals surface area contributed by atoms with Gasteiger partial charge in [0.15, 0.2) is 0 Å². The van der Waals surface area contributed by atoms with Crippen molar-refractivity contribution in [2.24, 2.45) is 11.8 Å². The standard InChI is InChI=1S/2C6H13O.Rf/c2*1-4-6(2)5-7-3;/h2*6H,3-5H2,1-2H3;/q2*-1;. The molecule has 2 unspecified atom stereocenters. The summed E-state index contributed by atoms with van der Waals surface area (Å²) in [6.45, 7) is 10.1. The average Bonchev–Trinajstić information content (AvgIpc) is 2.19. The molecule has 0 saturated carbocycles. The first-order valence-corrected chi connectivity index (χ1v) is 5.36. The SMILES string of the molecule is [CH2-]OCC(C)CC.[CH2-]OCC(C)CC.[Rf]. The van der Waals surface area contributed by atoms with Gasteiger partial charge < -0.3 is 9.47 Å². The molecule has 0 fully saturated rings. The molecule has 0 aromatic rings. The molecule has 15 heavy (non-hydrogen) atoms. The molecule has 90 valence electrons. The summed E-state index contributed by atoms with van der Waals surface area (Å²) in [4.78, 5) is 0. The van der Waals surface area contributed by atoms with E-state index < -0.39 is 0 Å². The van der Waals surface area contributed by atoms with Crippen molar-refractivity contribution in [3.63, 3.8) is 0 Å². The minimum absolute atomic E-state index is 0. The van der Waals surface area contributed by atoms with Crippen molar-refractivity contribution in [3.8, 4) is 0 Å². The van der Waals surface area contributed by atoms with E-state index in [1.165, 1.54) is 12.8 Å². The number of ether oxygens (including phenoxy) is 2. The van der Waals surface area contributed by atoms with E-state index in [1.54, 1.807) is 0 Å². The Morgan fingerprint density at radius 1 is 0.867 bits per heavy atom. The molecule has 0 aliphatic heterocycles. The van der Waals surface area contributed by atoms with Gasteiger partial charge in [-0.1, -0.05) is 40.5 Å². The Bertz CT molecular complexity index is 87.6. The minimum atomic E-state index is 0. The van der Waals surface area contributed by atoms with Gasteiger partial charge >= 0.3 is 0 Å². The summed E-state index contributed by atoms with van der Waals surface area (Å²) >= 11 is 0. The Labute approximate surface area is 90.0 Å². The molecule has 0 bridgehead atoms. The largest absolute Gasteiger partial charge is 0.555 e. The summed E-state index contributed by atoms with van der Waals surface area (Å²) in [6.07, 6.45) is 2.35. The Hall–Kier alpha value is -1.08. The van der Waals surface area contributed by atoms with Gasteiger partial charge in [-0.3, -0.25) is 0 Å². The van der Waals surface area contributed by atoms with Crippen LogP contribution < -0.4 is 0 Å².